The van der Waals surface area contributed by atoms with Crippen LogP contribution in [0.3, 0.4) is 0 Å². The van der Waals surface area contributed by atoms with Crippen LogP contribution in [0.1, 0.15) is 38.2 Å². The summed E-state index contributed by atoms with van der Waals surface area (Å²) in [6.45, 7) is 4.99. The van der Waals surface area contributed by atoms with Gasteiger partial charge in [-0.1, -0.05) is 17.7 Å². The molecule has 1 atom stereocenters. The lowest BCUT2D eigenvalue weighted by atomic mass is 9.92. The molecule has 0 bridgehead atoms. The van der Waals surface area contributed by atoms with Crippen LogP contribution in [0.25, 0.3) is 0 Å². The summed E-state index contributed by atoms with van der Waals surface area (Å²) in [6, 6.07) is 9.22. The van der Waals surface area contributed by atoms with Crippen LogP contribution in [-0.2, 0) is 4.74 Å². The average Bonchev–Trinajstić information content (AvgIpc) is 2.47. The van der Waals surface area contributed by atoms with Gasteiger partial charge in [-0.15, -0.1) is 0 Å². The molecule has 0 heterocycles. The van der Waals surface area contributed by atoms with E-state index < -0.39 is 0 Å². The Hall–Kier alpha value is -1.06. The van der Waals surface area contributed by atoms with E-state index in [4.69, 9.17) is 9.47 Å². The Morgan fingerprint density at radius 2 is 1.80 bits per heavy atom. The summed E-state index contributed by atoms with van der Waals surface area (Å²) in [7, 11) is 1.82. The Labute approximate surface area is 122 Å². The molecule has 0 aromatic heterocycles. The zero-order chi connectivity index (χ0) is 14.4. The van der Waals surface area contributed by atoms with Crippen molar-refractivity contribution >= 4 is 0 Å². The van der Waals surface area contributed by atoms with Crippen LogP contribution in [0.2, 0.25) is 0 Å². The van der Waals surface area contributed by atoms with E-state index in [9.17, 15) is 0 Å². The van der Waals surface area contributed by atoms with E-state index in [0.717, 1.165) is 5.75 Å². The third kappa shape index (κ3) is 4.80. The second-order valence-electron chi connectivity index (χ2n) is 5.90. The zero-order valence-electron chi connectivity index (χ0n) is 12.9. The van der Waals surface area contributed by atoms with Crippen LogP contribution in [0.15, 0.2) is 24.3 Å². The summed E-state index contributed by atoms with van der Waals surface area (Å²) in [5, 5.41) is 3.66. The molecule has 1 fully saturated rings. The van der Waals surface area contributed by atoms with Crippen molar-refractivity contribution in [2.45, 2.75) is 57.7 Å². The molecule has 0 spiro atoms. The smallest absolute Gasteiger partial charge is 0.119 e. The van der Waals surface area contributed by atoms with Gasteiger partial charge in [0.1, 0.15) is 12.4 Å². The minimum absolute atomic E-state index is 0.375. The second-order valence-corrected chi connectivity index (χ2v) is 5.90. The fourth-order valence-corrected chi connectivity index (χ4v) is 2.77. The van der Waals surface area contributed by atoms with Gasteiger partial charge in [-0.25, -0.2) is 0 Å². The minimum atomic E-state index is 0.375. The van der Waals surface area contributed by atoms with E-state index in [1.807, 2.05) is 19.2 Å². The molecular formula is C17H27NO2. The normalized spacial score (nSPS) is 24.4. The monoisotopic (exact) mass is 277 g/mol. The molecule has 1 aromatic carbocycles. The predicted molar refractivity (Wildman–Crippen MR) is 82.3 cm³/mol. The molecule has 3 heteroatoms. The maximum atomic E-state index is 5.82. The summed E-state index contributed by atoms with van der Waals surface area (Å²) >= 11 is 0. The third-order valence-electron chi connectivity index (χ3n) is 4.05. The van der Waals surface area contributed by atoms with Gasteiger partial charge in [0.2, 0.25) is 0 Å². The fraction of sp³-hybridized carbons (Fsp3) is 0.647. The molecule has 1 aliphatic carbocycles. The minimum Gasteiger partial charge on any atom is -0.492 e. The maximum absolute atomic E-state index is 5.82. The van der Waals surface area contributed by atoms with E-state index >= 15 is 0 Å². The number of methoxy groups -OCH3 is 1. The number of hydrogen-bond donors (Lipinski definition) is 1. The van der Waals surface area contributed by atoms with Crippen LogP contribution >= 0.6 is 0 Å². The Kier molecular flexibility index (Phi) is 5.86. The molecule has 20 heavy (non-hydrogen) atoms. The number of nitrogens with one attached hydrogen (secondary N) is 1. The van der Waals surface area contributed by atoms with Crippen molar-refractivity contribution in [1.29, 1.82) is 0 Å². The van der Waals surface area contributed by atoms with Gasteiger partial charge in [0, 0.05) is 19.2 Å². The number of benzene rings is 1. The molecule has 1 saturated carbocycles. The molecule has 3 nitrogen and oxygen atoms in total. The van der Waals surface area contributed by atoms with Gasteiger partial charge in [-0.2, -0.15) is 0 Å². The number of aryl methyl sites for hydroxylation is 1. The predicted octanol–water partition coefficient (Wildman–Crippen LogP) is 3.31. The Morgan fingerprint density at radius 3 is 2.40 bits per heavy atom. The van der Waals surface area contributed by atoms with E-state index in [1.165, 1.54) is 31.2 Å². The van der Waals surface area contributed by atoms with Crippen molar-refractivity contribution in [3.05, 3.63) is 29.8 Å². The van der Waals surface area contributed by atoms with Crippen molar-refractivity contribution < 1.29 is 9.47 Å². The molecule has 2 rings (SSSR count). The molecule has 0 amide bonds. The highest BCUT2D eigenvalue weighted by atomic mass is 16.5. The average molecular weight is 277 g/mol. The first-order chi connectivity index (χ1) is 9.67. The molecule has 0 aliphatic heterocycles. The van der Waals surface area contributed by atoms with Gasteiger partial charge in [0.15, 0.2) is 0 Å². The Morgan fingerprint density at radius 1 is 1.15 bits per heavy atom. The van der Waals surface area contributed by atoms with Crippen LogP contribution in [0, 0.1) is 6.92 Å². The first-order valence-electron chi connectivity index (χ1n) is 7.65. The van der Waals surface area contributed by atoms with Crippen LogP contribution < -0.4 is 10.1 Å². The molecule has 1 unspecified atom stereocenters. The lowest BCUT2D eigenvalue weighted by molar-refractivity contribution is 0.0604. The Balaban J connectivity index is 1.68. The summed E-state index contributed by atoms with van der Waals surface area (Å²) < 4.78 is 11.2. The van der Waals surface area contributed by atoms with E-state index in [1.54, 1.807) is 0 Å². The molecule has 1 N–H and O–H groups in total. The topological polar surface area (TPSA) is 30.5 Å². The van der Waals surface area contributed by atoms with Crippen LogP contribution in [0.5, 0.6) is 5.75 Å². The number of hydrogen-bond acceptors (Lipinski definition) is 3. The maximum Gasteiger partial charge on any atom is 0.119 e. The summed E-state index contributed by atoms with van der Waals surface area (Å²) in [6.07, 6.45) is 5.20. The number of rotatable bonds is 6. The molecule has 1 aromatic rings. The van der Waals surface area contributed by atoms with Crippen molar-refractivity contribution in [2.24, 2.45) is 0 Å². The van der Waals surface area contributed by atoms with Gasteiger partial charge >= 0.3 is 0 Å². The van der Waals surface area contributed by atoms with Crippen molar-refractivity contribution in [1.82, 2.24) is 5.32 Å². The largest absolute Gasteiger partial charge is 0.492 e. The zero-order valence-corrected chi connectivity index (χ0v) is 12.9. The summed E-state index contributed by atoms with van der Waals surface area (Å²) in [4.78, 5) is 0. The first kappa shape index (κ1) is 15.3. The van der Waals surface area contributed by atoms with E-state index in [-0.39, 0.29) is 0 Å². The van der Waals surface area contributed by atoms with E-state index in [0.29, 0.717) is 24.8 Å². The molecule has 1 aliphatic rings. The Bertz CT molecular complexity index is 382. The van der Waals surface area contributed by atoms with Gasteiger partial charge in [0.25, 0.3) is 0 Å². The van der Waals surface area contributed by atoms with Crippen molar-refractivity contribution in [3.63, 3.8) is 0 Å². The van der Waals surface area contributed by atoms with Crippen LogP contribution in [-0.4, -0.2) is 31.9 Å². The second kappa shape index (κ2) is 7.65. The highest BCUT2D eigenvalue weighted by Gasteiger charge is 2.21. The summed E-state index contributed by atoms with van der Waals surface area (Å²) in [5.74, 6) is 0.951. The van der Waals surface area contributed by atoms with E-state index in [2.05, 4.69) is 31.3 Å². The van der Waals surface area contributed by atoms with Crippen LogP contribution in [0.4, 0.5) is 0 Å². The standard InChI is InChI=1S/C17H27NO2/c1-13-4-8-17(9-5-13)20-12-14(2)18-15-6-10-16(19-3)11-7-15/h4-5,8-9,14-16,18H,6-7,10-12H2,1-3H3. The highest BCUT2D eigenvalue weighted by Crippen LogP contribution is 2.21. The lowest BCUT2D eigenvalue weighted by Crippen LogP contribution is -2.42. The molecule has 112 valence electrons. The first-order valence-corrected chi connectivity index (χ1v) is 7.65. The lowest BCUT2D eigenvalue weighted by Gasteiger charge is -2.30. The molecular weight excluding hydrogens is 250 g/mol. The number of ether oxygens (including phenoxy) is 2. The van der Waals surface area contributed by atoms with Gasteiger partial charge in [-0.3, -0.25) is 0 Å². The molecule has 0 radical (unpaired) electrons. The van der Waals surface area contributed by atoms with Gasteiger partial charge < -0.3 is 14.8 Å². The SMILES string of the molecule is COC1CCC(NC(C)COc2ccc(C)cc2)CC1. The summed E-state index contributed by atoms with van der Waals surface area (Å²) in [5.41, 5.74) is 1.26. The van der Waals surface area contributed by atoms with Crippen molar-refractivity contribution in [3.8, 4) is 5.75 Å². The van der Waals surface area contributed by atoms with Crippen molar-refractivity contribution in [2.75, 3.05) is 13.7 Å². The van der Waals surface area contributed by atoms with Gasteiger partial charge in [0.05, 0.1) is 6.10 Å². The van der Waals surface area contributed by atoms with Gasteiger partial charge in [-0.05, 0) is 51.7 Å². The third-order valence-corrected chi connectivity index (χ3v) is 4.05. The quantitative estimate of drug-likeness (QED) is 0.865. The molecule has 0 saturated heterocycles. The highest BCUT2D eigenvalue weighted by molar-refractivity contribution is 5.26. The fourth-order valence-electron chi connectivity index (χ4n) is 2.77.